The van der Waals surface area contributed by atoms with Gasteiger partial charge in [-0.3, -0.25) is 4.79 Å². The molecule has 2 rings (SSSR count). The van der Waals surface area contributed by atoms with Crippen molar-refractivity contribution in [2.24, 2.45) is 0 Å². The van der Waals surface area contributed by atoms with E-state index in [0.29, 0.717) is 30.2 Å². The molecule has 1 N–H and O–H groups in total. The van der Waals surface area contributed by atoms with Gasteiger partial charge in [0.15, 0.2) is 0 Å². The molecular weight excluding hydrogens is 260 g/mol. The van der Waals surface area contributed by atoms with E-state index in [4.69, 9.17) is 14.4 Å². The van der Waals surface area contributed by atoms with Crippen LogP contribution in [0.15, 0.2) is 41.1 Å². The summed E-state index contributed by atoms with van der Waals surface area (Å²) in [4.78, 5) is 13.4. The Hall–Kier alpha value is -2.34. The Morgan fingerprint density at radius 2 is 2.10 bits per heavy atom. The number of aliphatic hydroxyl groups excluding tert-OH is 1. The number of rotatable bonds is 6. The molecule has 0 fully saturated rings. The average Bonchev–Trinajstić information content (AvgIpc) is 2.98. The first-order chi connectivity index (χ1) is 9.70. The van der Waals surface area contributed by atoms with Gasteiger partial charge in [-0.15, -0.1) is 0 Å². The summed E-state index contributed by atoms with van der Waals surface area (Å²) in [7, 11) is 1.65. The lowest BCUT2D eigenvalue weighted by molar-refractivity contribution is 0.0767. The predicted octanol–water partition coefficient (Wildman–Crippen LogP) is 1.32. The van der Waals surface area contributed by atoms with Gasteiger partial charge in [0, 0.05) is 25.2 Å². The summed E-state index contributed by atoms with van der Waals surface area (Å²) < 4.78 is 10.2. The number of benzene rings is 1. The maximum atomic E-state index is 11.9. The van der Waals surface area contributed by atoms with E-state index in [1.807, 2.05) is 0 Å². The number of carbonyl (C=O) groups is 1. The van der Waals surface area contributed by atoms with Gasteiger partial charge in [-0.05, 0) is 24.3 Å². The smallest absolute Gasteiger partial charge is 0.253 e. The van der Waals surface area contributed by atoms with Crippen LogP contribution < -0.4 is 4.74 Å². The normalized spacial score (nSPS) is 10.3. The summed E-state index contributed by atoms with van der Waals surface area (Å²) >= 11 is 0. The summed E-state index contributed by atoms with van der Waals surface area (Å²) in [6, 6.07) is 8.55. The third-order valence-electron chi connectivity index (χ3n) is 2.76. The second-order valence-corrected chi connectivity index (χ2v) is 4.25. The van der Waals surface area contributed by atoms with E-state index in [2.05, 4.69) is 5.16 Å². The first-order valence-electron chi connectivity index (χ1n) is 6.19. The lowest BCUT2D eigenvalue weighted by Gasteiger charge is -2.15. The second kappa shape index (κ2) is 6.72. The van der Waals surface area contributed by atoms with Gasteiger partial charge in [0.1, 0.15) is 24.3 Å². The van der Waals surface area contributed by atoms with Crippen molar-refractivity contribution in [2.75, 3.05) is 20.2 Å². The van der Waals surface area contributed by atoms with E-state index >= 15 is 0 Å². The van der Waals surface area contributed by atoms with Crippen LogP contribution in [0.3, 0.4) is 0 Å². The number of hydrogen-bond donors (Lipinski definition) is 1. The maximum absolute atomic E-state index is 11.9. The molecule has 0 radical (unpaired) electrons. The fraction of sp³-hybridized carbons (Fsp3) is 0.286. The topological polar surface area (TPSA) is 75.8 Å². The molecule has 0 saturated heterocycles. The van der Waals surface area contributed by atoms with E-state index in [0.717, 1.165) is 0 Å². The van der Waals surface area contributed by atoms with Gasteiger partial charge in [-0.1, -0.05) is 5.16 Å². The van der Waals surface area contributed by atoms with Crippen LogP contribution in [0.1, 0.15) is 16.1 Å². The molecule has 0 aliphatic heterocycles. The Morgan fingerprint density at radius 1 is 1.35 bits per heavy atom. The molecule has 0 unspecified atom stereocenters. The van der Waals surface area contributed by atoms with Gasteiger partial charge in [0.05, 0.1) is 6.61 Å². The number of likely N-dealkylation sites (N-methyl/N-ethyl adjacent to an activating group) is 1. The van der Waals surface area contributed by atoms with Crippen LogP contribution in [0.25, 0.3) is 0 Å². The number of ether oxygens (including phenoxy) is 1. The lowest BCUT2D eigenvalue weighted by Crippen LogP contribution is -2.29. The van der Waals surface area contributed by atoms with E-state index in [1.165, 1.54) is 11.2 Å². The molecule has 0 atom stereocenters. The number of carbonyl (C=O) groups excluding carboxylic acids is 1. The second-order valence-electron chi connectivity index (χ2n) is 4.25. The SMILES string of the molecule is CN(CCO)C(=O)c1ccc(OCc2ccon2)cc1. The number of amides is 1. The number of hydrogen-bond acceptors (Lipinski definition) is 5. The monoisotopic (exact) mass is 276 g/mol. The van der Waals surface area contributed by atoms with Gasteiger partial charge in [-0.2, -0.15) is 0 Å². The Bertz CT molecular complexity index is 537. The molecule has 0 saturated carbocycles. The van der Waals surface area contributed by atoms with Crippen molar-refractivity contribution < 1.29 is 19.2 Å². The minimum absolute atomic E-state index is 0.0544. The highest BCUT2D eigenvalue weighted by Crippen LogP contribution is 2.14. The van der Waals surface area contributed by atoms with Crippen LogP contribution >= 0.6 is 0 Å². The molecule has 6 heteroatoms. The highest BCUT2D eigenvalue weighted by molar-refractivity contribution is 5.94. The van der Waals surface area contributed by atoms with Gasteiger partial charge < -0.3 is 19.3 Å². The highest BCUT2D eigenvalue weighted by atomic mass is 16.5. The third-order valence-corrected chi connectivity index (χ3v) is 2.76. The molecular formula is C14H16N2O4. The predicted molar refractivity (Wildman–Crippen MR) is 71.3 cm³/mol. The lowest BCUT2D eigenvalue weighted by atomic mass is 10.2. The van der Waals surface area contributed by atoms with Gasteiger partial charge in [0.2, 0.25) is 0 Å². The summed E-state index contributed by atoms with van der Waals surface area (Å²) in [5.41, 5.74) is 1.25. The Kier molecular flexibility index (Phi) is 4.73. The largest absolute Gasteiger partial charge is 0.487 e. The number of nitrogens with zero attached hydrogens (tertiary/aromatic N) is 2. The Morgan fingerprint density at radius 3 is 2.70 bits per heavy atom. The minimum atomic E-state index is -0.137. The zero-order valence-corrected chi connectivity index (χ0v) is 11.2. The van der Waals surface area contributed by atoms with Crippen molar-refractivity contribution in [1.82, 2.24) is 10.1 Å². The average molecular weight is 276 g/mol. The van der Waals surface area contributed by atoms with E-state index in [1.54, 1.807) is 37.4 Å². The third kappa shape index (κ3) is 3.58. The minimum Gasteiger partial charge on any atom is -0.487 e. The molecule has 20 heavy (non-hydrogen) atoms. The maximum Gasteiger partial charge on any atom is 0.253 e. The van der Waals surface area contributed by atoms with E-state index in [-0.39, 0.29) is 12.5 Å². The molecule has 0 spiro atoms. The molecule has 1 aromatic carbocycles. The Balaban J connectivity index is 1.94. The molecule has 0 aliphatic carbocycles. The van der Waals surface area contributed by atoms with Crippen LogP contribution in [-0.2, 0) is 6.61 Å². The van der Waals surface area contributed by atoms with Gasteiger partial charge in [-0.25, -0.2) is 0 Å². The first-order valence-corrected chi connectivity index (χ1v) is 6.19. The molecule has 106 valence electrons. The van der Waals surface area contributed by atoms with Crippen LogP contribution in [0.4, 0.5) is 0 Å². The summed E-state index contributed by atoms with van der Waals surface area (Å²) in [6.07, 6.45) is 1.48. The van der Waals surface area contributed by atoms with Crippen molar-refractivity contribution >= 4 is 5.91 Å². The molecule has 1 amide bonds. The number of aliphatic hydroxyl groups is 1. The zero-order chi connectivity index (χ0) is 14.4. The summed E-state index contributed by atoms with van der Waals surface area (Å²) in [6.45, 7) is 0.568. The number of aromatic nitrogens is 1. The van der Waals surface area contributed by atoms with Crippen molar-refractivity contribution in [3.63, 3.8) is 0 Å². The zero-order valence-electron chi connectivity index (χ0n) is 11.2. The van der Waals surface area contributed by atoms with Gasteiger partial charge >= 0.3 is 0 Å². The summed E-state index contributed by atoms with van der Waals surface area (Å²) in [5.74, 6) is 0.511. The van der Waals surface area contributed by atoms with Crippen molar-refractivity contribution in [3.05, 3.63) is 47.9 Å². The fourth-order valence-electron chi connectivity index (χ4n) is 1.63. The van der Waals surface area contributed by atoms with E-state index < -0.39 is 0 Å². The molecule has 2 aromatic rings. The Labute approximate surface area is 116 Å². The summed E-state index contributed by atoms with van der Waals surface area (Å²) in [5, 5.41) is 12.5. The van der Waals surface area contributed by atoms with Crippen molar-refractivity contribution in [2.45, 2.75) is 6.61 Å². The van der Waals surface area contributed by atoms with Gasteiger partial charge in [0.25, 0.3) is 5.91 Å². The quantitative estimate of drug-likeness (QED) is 0.861. The molecule has 1 aromatic heterocycles. The van der Waals surface area contributed by atoms with Crippen molar-refractivity contribution in [3.8, 4) is 5.75 Å². The van der Waals surface area contributed by atoms with E-state index in [9.17, 15) is 4.79 Å². The molecule has 0 aliphatic rings. The van der Waals surface area contributed by atoms with Crippen LogP contribution in [0.2, 0.25) is 0 Å². The van der Waals surface area contributed by atoms with Crippen LogP contribution in [-0.4, -0.2) is 41.3 Å². The standard InChI is InChI=1S/C14H16N2O4/c1-16(7-8-17)14(18)11-2-4-13(5-3-11)19-10-12-6-9-20-15-12/h2-6,9,17H,7-8,10H2,1H3. The van der Waals surface area contributed by atoms with Crippen LogP contribution in [0.5, 0.6) is 5.75 Å². The molecule has 1 heterocycles. The fourth-order valence-corrected chi connectivity index (χ4v) is 1.63. The van der Waals surface area contributed by atoms with Crippen molar-refractivity contribution in [1.29, 1.82) is 0 Å². The highest BCUT2D eigenvalue weighted by Gasteiger charge is 2.10. The molecule has 6 nitrogen and oxygen atoms in total. The molecule has 0 bridgehead atoms. The first kappa shape index (κ1) is 14.1. The van der Waals surface area contributed by atoms with Crippen LogP contribution in [0, 0.1) is 0 Å².